The van der Waals surface area contributed by atoms with Crippen molar-refractivity contribution in [3.05, 3.63) is 12.2 Å². The van der Waals surface area contributed by atoms with Crippen LogP contribution in [-0.4, -0.2) is 48.6 Å². The summed E-state index contributed by atoms with van der Waals surface area (Å²) in [5, 5.41) is -7.96. The van der Waals surface area contributed by atoms with E-state index in [-0.39, 0.29) is 0 Å². The van der Waals surface area contributed by atoms with E-state index in [0.717, 1.165) is 0 Å². The smallest absolute Gasteiger partial charge is 0.272 e. The molecule has 2 amide bonds. The van der Waals surface area contributed by atoms with Crippen molar-refractivity contribution in [2.45, 2.75) is 29.7 Å². The molecule has 6 nitrogen and oxygen atoms in total. The second kappa shape index (κ2) is 5.86. The van der Waals surface area contributed by atoms with Gasteiger partial charge in [-0.25, -0.2) is 0 Å². The lowest BCUT2D eigenvalue weighted by Gasteiger charge is -2.32. The van der Waals surface area contributed by atoms with E-state index in [1.54, 1.807) is 0 Å². The molecule has 0 aromatic carbocycles. The van der Waals surface area contributed by atoms with Crippen molar-refractivity contribution in [1.82, 2.24) is 5.06 Å². The summed E-state index contributed by atoms with van der Waals surface area (Å²) in [6, 6.07) is 0. The normalized spacial score (nSPS) is 30.4. The van der Waals surface area contributed by atoms with Crippen molar-refractivity contribution >= 4 is 21.9 Å². The number of hydrogen-bond acceptors (Lipinski definition) is 5. The lowest BCUT2D eigenvalue weighted by Crippen LogP contribution is -2.64. The number of carbonyl (C=O) groups excluding carboxylic acids is 2. The van der Waals surface area contributed by atoms with Crippen molar-refractivity contribution in [2.75, 3.05) is 0 Å². The number of rotatable bonds is 5. The lowest BCUT2D eigenvalue weighted by molar-refractivity contribution is -0.383. The Hall–Kier alpha value is -1.84. The molecule has 2 bridgehead atoms. The van der Waals surface area contributed by atoms with E-state index in [0.29, 0.717) is 6.42 Å². The molecule has 4 atom stereocenters. The highest BCUT2D eigenvalue weighted by Crippen LogP contribution is 2.56. The minimum atomic E-state index is -7.53. The predicted octanol–water partition coefficient (Wildman–Crippen LogP) is 2.48. The molecular formula is C13H8F9NO5S. The van der Waals surface area contributed by atoms with Gasteiger partial charge in [0.15, 0.2) is 0 Å². The fraction of sp³-hybridized carbons (Fsp3) is 0.692. The van der Waals surface area contributed by atoms with Crippen LogP contribution in [0.3, 0.4) is 0 Å². The molecule has 1 aliphatic heterocycles. The molecule has 2 aliphatic carbocycles. The van der Waals surface area contributed by atoms with E-state index in [1.807, 2.05) is 0 Å². The molecular weight excluding hydrogens is 453 g/mol. The molecule has 164 valence electrons. The van der Waals surface area contributed by atoms with Crippen LogP contribution in [0.1, 0.15) is 6.42 Å². The predicted molar refractivity (Wildman–Crippen MR) is 70.5 cm³/mol. The van der Waals surface area contributed by atoms with E-state index in [1.165, 1.54) is 12.2 Å². The van der Waals surface area contributed by atoms with Crippen LogP contribution in [0.25, 0.3) is 0 Å². The SMILES string of the molecule is O=C1[C@@H]2[C@@H](C(=O)N1OS(=O)(=O)C(F)(F)C(F)(F)C(F)(F)C(F)(F)F)[C@H]1C=C[C@@H]2C1. The molecule has 1 saturated carbocycles. The van der Waals surface area contributed by atoms with Gasteiger partial charge in [0.25, 0.3) is 11.8 Å². The molecule has 0 radical (unpaired) electrons. The molecule has 3 aliphatic rings. The quantitative estimate of drug-likeness (QED) is 0.357. The highest BCUT2D eigenvalue weighted by molar-refractivity contribution is 7.87. The summed E-state index contributed by atoms with van der Waals surface area (Å²) in [5.74, 6) is -21.7. The lowest BCUT2D eigenvalue weighted by atomic mass is 9.85. The first kappa shape index (κ1) is 21.9. The Morgan fingerprint density at radius 3 is 1.62 bits per heavy atom. The highest BCUT2D eigenvalue weighted by Gasteiger charge is 2.86. The second-order valence-electron chi connectivity index (χ2n) is 6.66. The van der Waals surface area contributed by atoms with Gasteiger partial charge in [-0.2, -0.15) is 47.9 Å². The highest BCUT2D eigenvalue weighted by atomic mass is 32.2. The van der Waals surface area contributed by atoms with Gasteiger partial charge in [0, 0.05) is 0 Å². The average Bonchev–Trinajstić information content (AvgIpc) is 3.23. The zero-order chi connectivity index (χ0) is 22.4. The number of amides is 2. The van der Waals surface area contributed by atoms with E-state index >= 15 is 0 Å². The van der Waals surface area contributed by atoms with Crippen molar-refractivity contribution in [2.24, 2.45) is 23.7 Å². The van der Waals surface area contributed by atoms with Crippen molar-refractivity contribution in [3.8, 4) is 0 Å². The van der Waals surface area contributed by atoms with Crippen LogP contribution < -0.4 is 0 Å². The van der Waals surface area contributed by atoms with Crippen LogP contribution >= 0.6 is 0 Å². The number of allylic oxidation sites excluding steroid dienone is 2. The Bertz CT molecular complexity index is 867. The van der Waals surface area contributed by atoms with Crippen LogP contribution in [0.2, 0.25) is 0 Å². The fourth-order valence-corrected chi connectivity index (χ4v) is 4.49. The molecule has 0 N–H and O–H groups in total. The van der Waals surface area contributed by atoms with Crippen LogP contribution in [0.4, 0.5) is 39.5 Å². The number of imide groups is 1. The molecule has 1 heterocycles. The van der Waals surface area contributed by atoms with Crippen LogP contribution in [0.5, 0.6) is 0 Å². The van der Waals surface area contributed by atoms with Crippen LogP contribution in [0.15, 0.2) is 12.2 Å². The average molecular weight is 461 g/mol. The molecule has 0 spiro atoms. The summed E-state index contributed by atoms with van der Waals surface area (Å²) in [6.45, 7) is 0. The Morgan fingerprint density at radius 2 is 1.24 bits per heavy atom. The molecule has 1 saturated heterocycles. The van der Waals surface area contributed by atoms with E-state index < -0.39 is 73.9 Å². The zero-order valence-corrected chi connectivity index (χ0v) is 14.3. The number of nitrogens with zero attached hydrogens (tertiary/aromatic N) is 1. The third-order valence-corrected chi connectivity index (χ3v) is 6.26. The largest absolute Gasteiger partial charge is 0.460 e. The molecule has 0 aromatic rings. The van der Waals surface area contributed by atoms with E-state index in [4.69, 9.17) is 0 Å². The first-order valence-electron chi connectivity index (χ1n) is 7.59. The summed E-state index contributed by atoms with van der Waals surface area (Å²) in [4.78, 5) is 24.2. The zero-order valence-electron chi connectivity index (χ0n) is 13.5. The van der Waals surface area contributed by atoms with Gasteiger partial charge in [-0.3, -0.25) is 9.59 Å². The Morgan fingerprint density at radius 1 is 0.828 bits per heavy atom. The molecule has 2 fully saturated rings. The first-order valence-corrected chi connectivity index (χ1v) is 9.00. The van der Waals surface area contributed by atoms with Gasteiger partial charge in [0.2, 0.25) is 0 Å². The molecule has 3 rings (SSSR count). The topological polar surface area (TPSA) is 80.8 Å². The fourth-order valence-electron chi connectivity index (χ4n) is 3.61. The van der Waals surface area contributed by atoms with Gasteiger partial charge >= 0.3 is 33.4 Å². The third-order valence-electron chi connectivity index (χ3n) is 5.03. The van der Waals surface area contributed by atoms with Crippen molar-refractivity contribution < 1.29 is 61.8 Å². The minimum absolute atomic E-state index is 0.291. The summed E-state index contributed by atoms with van der Waals surface area (Å²) >= 11 is 0. The van der Waals surface area contributed by atoms with Crippen molar-refractivity contribution in [1.29, 1.82) is 0 Å². The maximum atomic E-state index is 13.7. The monoisotopic (exact) mass is 461 g/mol. The number of fused-ring (bicyclic) bond motifs is 5. The summed E-state index contributed by atoms with van der Waals surface area (Å²) < 4.78 is 142. The van der Waals surface area contributed by atoms with E-state index in [9.17, 15) is 57.5 Å². The van der Waals surface area contributed by atoms with Gasteiger partial charge < -0.3 is 0 Å². The Kier molecular flexibility index (Phi) is 4.42. The molecule has 16 heteroatoms. The number of hydrogen-bond donors (Lipinski definition) is 0. The van der Waals surface area contributed by atoms with Crippen LogP contribution in [0, 0.1) is 23.7 Å². The minimum Gasteiger partial charge on any atom is -0.272 e. The maximum Gasteiger partial charge on any atom is 0.460 e. The number of carbonyl (C=O) groups is 2. The molecule has 0 unspecified atom stereocenters. The second-order valence-corrected chi connectivity index (χ2v) is 8.23. The van der Waals surface area contributed by atoms with Gasteiger partial charge in [-0.15, -0.1) is 9.35 Å². The van der Waals surface area contributed by atoms with Gasteiger partial charge in [0.1, 0.15) is 0 Å². The maximum absolute atomic E-state index is 13.7. The first-order chi connectivity index (χ1) is 12.9. The van der Waals surface area contributed by atoms with E-state index in [2.05, 4.69) is 4.28 Å². The van der Waals surface area contributed by atoms with Crippen LogP contribution in [-0.2, 0) is 24.0 Å². The standard InChI is InChI=1S/C13H8F9NO5S/c14-10(15,12(18,19)20)11(16,17)13(21,22)29(26,27)28-23-8(24)6-4-1-2-5(3-4)7(6)9(23)25/h1-2,4-7H,3H2/t4-,5+,6-,7-/m0/s1. The summed E-state index contributed by atoms with van der Waals surface area (Å²) in [5.41, 5.74) is 0. The Labute approximate surface area is 155 Å². The van der Waals surface area contributed by atoms with Gasteiger partial charge in [-0.05, 0) is 18.3 Å². The number of hydroxylamine groups is 2. The van der Waals surface area contributed by atoms with Gasteiger partial charge in [0.05, 0.1) is 11.8 Å². The molecule has 29 heavy (non-hydrogen) atoms. The summed E-state index contributed by atoms with van der Waals surface area (Å²) in [7, 11) is -7.36. The van der Waals surface area contributed by atoms with Crippen molar-refractivity contribution in [3.63, 3.8) is 0 Å². The number of alkyl halides is 9. The van der Waals surface area contributed by atoms with Gasteiger partial charge in [-0.1, -0.05) is 12.2 Å². The summed E-state index contributed by atoms with van der Waals surface area (Å²) in [6.07, 6.45) is -4.01. The molecule has 0 aromatic heterocycles. The Balaban J connectivity index is 1.91. The third kappa shape index (κ3) is 2.63. The number of halogens is 9.